The van der Waals surface area contributed by atoms with Crippen molar-refractivity contribution in [1.82, 2.24) is 0 Å². The average Bonchev–Trinajstić information content (AvgIpc) is 3.21. The van der Waals surface area contributed by atoms with Gasteiger partial charge in [-0.1, -0.05) is 86.8 Å². The number of carboxylic acids is 1. The first-order valence-corrected chi connectivity index (χ1v) is 22.6. The van der Waals surface area contributed by atoms with E-state index in [1.807, 2.05) is 49.5 Å². The molecule has 0 saturated carbocycles. The van der Waals surface area contributed by atoms with Gasteiger partial charge in [0.15, 0.2) is 12.1 Å². The van der Waals surface area contributed by atoms with Gasteiger partial charge in [0.25, 0.3) is 0 Å². The molecule has 13 N–H and O–H groups in total. The Bertz CT molecular complexity index is 1620. The van der Waals surface area contributed by atoms with Gasteiger partial charge in [0.1, 0.15) is 18.1 Å². The summed E-state index contributed by atoms with van der Waals surface area (Å²) < 4.78 is 23.2. The quantitative estimate of drug-likeness (QED) is 0.175. The van der Waals surface area contributed by atoms with Crippen LogP contribution in [0.25, 0.3) is 0 Å². The summed E-state index contributed by atoms with van der Waals surface area (Å²) in [6.07, 6.45) is 2.28. The van der Waals surface area contributed by atoms with Crippen molar-refractivity contribution in [2.24, 2.45) is 23.5 Å². The van der Waals surface area contributed by atoms with Gasteiger partial charge in [0.05, 0.1) is 79.6 Å². The Hall–Kier alpha value is -3.18. The highest BCUT2D eigenvalue weighted by Gasteiger charge is 2.51. The Labute approximate surface area is 381 Å². The molecule has 3 aliphatic heterocycles. The highest BCUT2D eigenvalue weighted by molar-refractivity contribution is 5.71. The Morgan fingerprint density at radius 1 is 0.692 bits per heavy atom. The van der Waals surface area contributed by atoms with Gasteiger partial charge in [0.2, 0.25) is 0 Å². The van der Waals surface area contributed by atoms with Crippen molar-refractivity contribution in [2.75, 3.05) is 0 Å². The zero-order valence-corrected chi connectivity index (χ0v) is 37.8. The normalized spacial score (nSPS) is 45.2. The van der Waals surface area contributed by atoms with E-state index in [1.54, 1.807) is 38.2 Å². The van der Waals surface area contributed by atoms with Crippen molar-refractivity contribution in [1.29, 1.82) is 0 Å². The summed E-state index contributed by atoms with van der Waals surface area (Å²) in [5, 5.41) is 118. The number of nitrogens with two attached hydrogens (primary N) is 1. The molecule has 0 aliphatic carbocycles. The van der Waals surface area contributed by atoms with Gasteiger partial charge in [-0.05, 0) is 52.4 Å². The van der Waals surface area contributed by atoms with Crippen LogP contribution in [0.5, 0.6) is 0 Å². The third-order valence-corrected chi connectivity index (χ3v) is 12.2. The number of hydrogen-bond donors (Lipinski definition) is 12. The molecule has 0 radical (unpaired) electrons. The summed E-state index contributed by atoms with van der Waals surface area (Å²) in [7, 11) is 0. The molecular weight excluding hydrogens is 851 g/mol. The maximum Gasteiger partial charge on any atom is 0.311 e. The van der Waals surface area contributed by atoms with Gasteiger partial charge in [-0.3, -0.25) is 9.59 Å². The van der Waals surface area contributed by atoms with Gasteiger partial charge in [-0.2, -0.15) is 0 Å². The molecule has 0 amide bonds. The third kappa shape index (κ3) is 18.8. The van der Waals surface area contributed by atoms with Crippen molar-refractivity contribution in [2.45, 2.75) is 189 Å². The number of carboxylic acid groups (broad SMARTS) is 1. The first kappa shape index (κ1) is 56.1. The van der Waals surface area contributed by atoms with E-state index in [2.05, 4.69) is 0 Å². The van der Waals surface area contributed by atoms with E-state index in [4.69, 9.17) is 24.7 Å². The van der Waals surface area contributed by atoms with Crippen LogP contribution >= 0.6 is 0 Å². The minimum absolute atomic E-state index is 0.138. The Morgan fingerprint density at radius 3 is 1.94 bits per heavy atom. The number of allylic oxidation sites excluding steroid dienone is 10. The lowest BCUT2D eigenvalue weighted by molar-refractivity contribution is -0.310. The van der Waals surface area contributed by atoms with Crippen LogP contribution in [0, 0.1) is 17.8 Å². The van der Waals surface area contributed by atoms with Gasteiger partial charge < -0.3 is 80.9 Å². The van der Waals surface area contributed by atoms with Gasteiger partial charge in [-0.25, -0.2) is 0 Å². The van der Waals surface area contributed by atoms with E-state index in [0.717, 1.165) is 12.8 Å². The minimum atomic E-state index is -2.35. The molecular formula is C47H75NO17. The number of aliphatic carboxylic acids is 1. The van der Waals surface area contributed by atoms with Crippen LogP contribution in [0.3, 0.4) is 0 Å². The zero-order valence-electron chi connectivity index (χ0n) is 37.8. The van der Waals surface area contributed by atoms with Crippen LogP contribution in [0.1, 0.15) is 91.9 Å². The summed E-state index contributed by atoms with van der Waals surface area (Å²) in [5.74, 6) is -6.82. The standard InChI is InChI=1S/C47H75NO17/c1-27-17-15-13-11-9-7-5-6-8-10-12-14-16-18-34(64-46-44(58)41(48)43(57)30(4)63-46)24-38-40(45(59)60)37(54)26-47(61,65-38)25-36(53)35(52)20-19-31(49)21-32(50)22-33(51)23-39(55)62-29(3)28(2)42(27)56/h5-6,8,10-18,27-38,40-44,46,49-54,56-58,61H,7,9,19-26,48H2,1-4H3,(H,59,60)/b6-5+,10-8+,13-11+,14-12-,17-15+,18-16+/t27?,28?,29?,30-,31?,32?,33?,34?,35?,36?,37?,38?,40?,41?,42?,43-,44+,46+,47?/m1/s1. The third-order valence-electron chi connectivity index (χ3n) is 12.2. The lowest BCUT2D eigenvalue weighted by Crippen LogP contribution is -2.61. The molecule has 18 nitrogen and oxygen atoms in total. The minimum Gasteiger partial charge on any atom is -0.481 e. The number of hydrogen-bond acceptors (Lipinski definition) is 17. The zero-order chi connectivity index (χ0) is 48.4. The fourth-order valence-electron chi connectivity index (χ4n) is 8.11. The second-order valence-corrected chi connectivity index (χ2v) is 17.8. The number of aliphatic hydroxyl groups excluding tert-OH is 9. The van der Waals surface area contributed by atoms with Crippen LogP contribution in [0.15, 0.2) is 72.9 Å². The predicted octanol–water partition coefficient (Wildman–Crippen LogP) is 0.936. The molecule has 0 aromatic heterocycles. The Morgan fingerprint density at radius 2 is 1.28 bits per heavy atom. The van der Waals surface area contributed by atoms with Crippen LogP contribution < -0.4 is 5.73 Å². The average molecular weight is 926 g/mol. The second kappa shape index (κ2) is 27.6. The lowest BCUT2D eigenvalue weighted by atomic mass is 9.82. The highest BCUT2D eigenvalue weighted by Crippen LogP contribution is 2.38. The van der Waals surface area contributed by atoms with E-state index in [-0.39, 0.29) is 38.0 Å². The van der Waals surface area contributed by atoms with E-state index in [9.17, 15) is 65.8 Å². The van der Waals surface area contributed by atoms with Crippen LogP contribution in [0.2, 0.25) is 0 Å². The number of carbonyl (C=O) groups excluding carboxylic acids is 1. The summed E-state index contributed by atoms with van der Waals surface area (Å²) in [5.41, 5.74) is 6.02. The van der Waals surface area contributed by atoms with Crippen molar-refractivity contribution in [3.05, 3.63) is 72.9 Å². The number of fused-ring (bicyclic) bond motifs is 2. The topological polar surface area (TPSA) is 320 Å². The van der Waals surface area contributed by atoms with Crippen molar-refractivity contribution in [3.63, 3.8) is 0 Å². The van der Waals surface area contributed by atoms with E-state index in [0.29, 0.717) is 0 Å². The summed E-state index contributed by atoms with van der Waals surface area (Å²) in [6, 6.07) is -1.14. The Balaban J connectivity index is 1.84. The van der Waals surface area contributed by atoms with Crippen LogP contribution in [-0.2, 0) is 28.5 Å². The molecule has 3 rings (SSSR count). The Kier molecular flexibility index (Phi) is 23.8. The molecule has 0 aromatic carbocycles. The monoisotopic (exact) mass is 926 g/mol. The predicted molar refractivity (Wildman–Crippen MR) is 237 cm³/mol. The van der Waals surface area contributed by atoms with Gasteiger partial charge in [-0.15, -0.1) is 0 Å². The van der Waals surface area contributed by atoms with Gasteiger partial charge in [0, 0.05) is 31.1 Å². The van der Waals surface area contributed by atoms with Crippen LogP contribution in [-0.4, -0.2) is 166 Å². The maximum atomic E-state index is 12.6. The van der Waals surface area contributed by atoms with Crippen molar-refractivity contribution >= 4 is 11.9 Å². The summed E-state index contributed by atoms with van der Waals surface area (Å²) >= 11 is 0. The molecule has 18 heteroatoms. The molecule has 0 spiro atoms. The molecule has 3 heterocycles. The molecule has 2 bridgehead atoms. The molecule has 2 fully saturated rings. The van der Waals surface area contributed by atoms with E-state index >= 15 is 0 Å². The first-order chi connectivity index (χ1) is 30.6. The second-order valence-electron chi connectivity index (χ2n) is 17.8. The fraction of sp³-hybridized carbons (Fsp3) is 0.702. The molecule has 19 atom stereocenters. The summed E-state index contributed by atoms with van der Waals surface area (Å²) in [6.45, 7) is 6.78. The van der Waals surface area contributed by atoms with Gasteiger partial charge >= 0.3 is 11.9 Å². The number of aliphatic hydroxyl groups is 10. The van der Waals surface area contributed by atoms with Crippen molar-refractivity contribution in [3.8, 4) is 0 Å². The molecule has 65 heavy (non-hydrogen) atoms. The van der Waals surface area contributed by atoms with E-state index < -0.39 is 141 Å². The number of esters is 1. The largest absolute Gasteiger partial charge is 0.481 e. The molecule has 15 unspecified atom stereocenters. The van der Waals surface area contributed by atoms with Crippen molar-refractivity contribution < 1.29 is 84.7 Å². The lowest BCUT2D eigenvalue weighted by Gasteiger charge is -2.45. The SMILES string of the molecule is CC1/C=C/C=C/CC/C=C/C=C/C=C\C=C\C(O[C@@H]2O[C@H](C)[C@@H](O)C(N)[C@@H]2O)CC2OC(O)(CC(O)C(O)CCC(O)CC(O)CC(O)CC(=O)OC(C)C(C)C1O)CC(O)C2C(=O)O. The van der Waals surface area contributed by atoms with E-state index in [1.165, 1.54) is 13.0 Å². The van der Waals surface area contributed by atoms with Crippen LogP contribution in [0.4, 0.5) is 0 Å². The highest BCUT2D eigenvalue weighted by atomic mass is 16.7. The number of cyclic esters (lactones) is 1. The number of rotatable bonds is 3. The molecule has 0 aromatic rings. The summed E-state index contributed by atoms with van der Waals surface area (Å²) in [4.78, 5) is 25.1. The molecule has 3 aliphatic rings. The maximum absolute atomic E-state index is 12.6. The fourth-order valence-corrected chi connectivity index (χ4v) is 8.11. The smallest absolute Gasteiger partial charge is 0.311 e. The first-order valence-electron chi connectivity index (χ1n) is 22.6. The molecule has 2 saturated heterocycles. The number of ether oxygens (including phenoxy) is 4. The molecule has 370 valence electrons. The number of carbonyl (C=O) groups is 2.